The predicted octanol–water partition coefficient (Wildman–Crippen LogP) is 1.36. The Bertz CT molecular complexity index is 411. The number of carboxylic acids is 1. The van der Waals surface area contributed by atoms with Gasteiger partial charge in [-0.15, -0.1) is 0 Å². The second-order valence-corrected chi connectivity index (χ2v) is 3.03. The number of rotatable bonds is 5. The molecule has 0 heterocycles. The first-order valence-electron chi connectivity index (χ1n) is 4.56. The molecule has 1 aromatic rings. The van der Waals surface area contributed by atoms with Crippen LogP contribution >= 0.6 is 0 Å². The lowest BCUT2D eigenvalue weighted by Gasteiger charge is -2.10. The highest BCUT2D eigenvalue weighted by Crippen LogP contribution is 2.31. The van der Waals surface area contributed by atoms with Gasteiger partial charge < -0.3 is 14.6 Å². The van der Waals surface area contributed by atoms with Gasteiger partial charge in [0.1, 0.15) is 6.42 Å². The number of carbonyl (C=O) groups is 2. The number of hydrogen-bond donors (Lipinski definition) is 1. The first-order chi connectivity index (χ1) is 7.60. The van der Waals surface area contributed by atoms with Crippen LogP contribution in [-0.2, 0) is 4.79 Å². The number of ether oxygens (including phenoxy) is 2. The smallest absolute Gasteiger partial charge is 0.311 e. The number of benzene rings is 1. The monoisotopic (exact) mass is 224 g/mol. The molecule has 16 heavy (non-hydrogen) atoms. The Labute approximate surface area is 92.6 Å². The highest BCUT2D eigenvalue weighted by atomic mass is 16.5. The molecule has 86 valence electrons. The van der Waals surface area contributed by atoms with Crippen molar-refractivity contribution in [1.82, 2.24) is 0 Å². The Morgan fingerprint density at radius 2 is 1.94 bits per heavy atom. The summed E-state index contributed by atoms with van der Waals surface area (Å²) < 4.78 is 10.0. The van der Waals surface area contributed by atoms with Gasteiger partial charge in [-0.25, -0.2) is 0 Å². The predicted molar refractivity (Wildman–Crippen MR) is 56.1 cm³/mol. The zero-order valence-electron chi connectivity index (χ0n) is 9.02. The van der Waals surface area contributed by atoms with Crippen molar-refractivity contribution in [3.05, 3.63) is 23.8 Å². The van der Waals surface area contributed by atoms with Gasteiger partial charge in [0.25, 0.3) is 0 Å². The number of aliphatic carboxylic acids is 1. The maximum Gasteiger partial charge on any atom is 0.311 e. The van der Waals surface area contributed by atoms with Crippen molar-refractivity contribution in [3.8, 4) is 11.5 Å². The highest BCUT2D eigenvalue weighted by molar-refractivity contribution is 6.07. The number of ketones is 1. The maximum atomic E-state index is 11.6. The Morgan fingerprint density at radius 1 is 1.25 bits per heavy atom. The van der Waals surface area contributed by atoms with Gasteiger partial charge in [-0.2, -0.15) is 0 Å². The van der Waals surface area contributed by atoms with Crippen molar-refractivity contribution in [2.24, 2.45) is 0 Å². The lowest BCUT2D eigenvalue weighted by molar-refractivity contribution is -0.135. The minimum Gasteiger partial charge on any atom is -0.493 e. The van der Waals surface area contributed by atoms with Crippen LogP contribution < -0.4 is 9.47 Å². The van der Waals surface area contributed by atoms with E-state index in [9.17, 15) is 9.59 Å². The lowest BCUT2D eigenvalue weighted by atomic mass is 10.1. The van der Waals surface area contributed by atoms with E-state index in [1.807, 2.05) is 0 Å². The molecular formula is C11H12O5. The molecule has 0 amide bonds. The van der Waals surface area contributed by atoms with Crippen LogP contribution in [0.25, 0.3) is 0 Å². The van der Waals surface area contributed by atoms with E-state index in [0.29, 0.717) is 5.75 Å². The van der Waals surface area contributed by atoms with Crippen LogP contribution in [0, 0.1) is 0 Å². The van der Waals surface area contributed by atoms with Crippen molar-refractivity contribution in [2.75, 3.05) is 14.2 Å². The number of para-hydroxylation sites is 1. The first kappa shape index (κ1) is 12.0. The summed E-state index contributed by atoms with van der Waals surface area (Å²) in [7, 11) is 2.85. The SMILES string of the molecule is COc1cccc(C(=O)CC(=O)O)c1OC. The molecule has 1 N–H and O–H groups in total. The van der Waals surface area contributed by atoms with Crippen LogP contribution in [0.5, 0.6) is 11.5 Å². The van der Waals surface area contributed by atoms with E-state index in [1.54, 1.807) is 12.1 Å². The minimum atomic E-state index is -1.17. The summed E-state index contributed by atoms with van der Waals surface area (Å²) in [4.78, 5) is 22.0. The fourth-order valence-electron chi connectivity index (χ4n) is 1.34. The summed E-state index contributed by atoms with van der Waals surface area (Å²) in [6.07, 6.45) is -0.566. The molecule has 0 aromatic heterocycles. The molecule has 0 spiro atoms. The Balaban J connectivity index is 3.12. The molecule has 5 heteroatoms. The van der Waals surface area contributed by atoms with E-state index >= 15 is 0 Å². The lowest BCUT2D eigenvalue weighted by Crippen LogP contribution is -2.09. The Morgan fingerprint density at radius 3 is 2.44 bits per heavy atom. The van der Waals surface area contributed by atoms with Gasteiger partial charge >= 0.3 is 5.97 Å². The summed E-state index contributed by atoms with van der Waals surface area (Å²) in [5, 5.41) is 8.54. The van der Waals surface area contributed by atoms with E-state index in [-0.39, 0.29) is 11.3 Å². The topological polar surface area (TPSA) is 72.8 Å². The van der Waals surface area contributed by atoms with Gasteiger partial charge in [0.2, 0.25) is 0 Å². The summed E-state index contributed by atoms with van der Waals surface area (Å²) in [5.74, 6) is -1.02. The Hall–Kier alpha value is -2.04. The van der Waals surface area contributed by atoms with Gasteiger partial charge in [-0.3, -0.25) is 9.59 Å². The molecule has 0 aliphatic rings. The van der Waals surface area contributed by atoms with Crippen molar-refractivity contribution < 1.29 is 24.2 Å². The van der Waals surface area contributed by atoms with Crippen molar-refractivity contribution >= 4 is 11.8 Å². The largest absolute Gasteiger partial charge is 0.493 e. The van der Waals surface area contributed by atoms with Crippen molar-refractivity contribution in [1.29, 1.82) is 0 Å². The van der Waals surface area contributed by atoms with Gasteiger partial charge in [-0.05, 0) is 12.1 Å². The molecule has 1 aromatic carbocycles. The van der Waals surface area contributed by atoms with Crippen molar-refractivity contribution in [3.63, 3.8) is 0 Å². The molecule has 0 atom stereocenters. The number of methoxy groups -OCH3 is 2. The van der Waals surface area contributed by atoms with E-state index in [1.165, 1.54) is 20.3 Å². The van der Waals surface area contributed by atoms with Crippen LogP contribution in [-0.4, -0.2) is 31.1 Å². The van der Waals surface area contributed by atoms with Gasteiger partial charge in [0.15, 0.2) is 17.3 Å². The van der Waals surface area contributed by atoms with Gasteiger partial charge in [0, 0.05) is 0 Å². The van der Waals surface area contributed by atoms with Crippen LogP contribution in [0.15, 0.2) is 18.2 Å². The number of carbonyl (C=O) groups excluding carboxylic acids is 1. The average Bonchev–Trinajstić information content (AvgIpc) is 2.26. The third kappa shape index (κ3) is 2.50. The molecule has 0 aliphatic heterocycles. The number of hydrogen-bond acceptors (Lipinski definition) is 4. The zero-order valence-corrected chi connectivity index (χ0v) is 9.02. The van der Waals surface area contributed by atoms with Crippen LogP contribution in [0.3, 0.4) is 0 Å². The fraction of sp³-hybridized carbons (Fsp3) is 0.273. The third-order valence-corrected chi connectivity index (χ3v) is 2.02. The van der Waals surface area contributed by atoms with Crippen LogP contribution in [0.1, 0.15) is 16.8 Å². The first-order valence-corrected chi connectivity index (χ1v) is 4.56. The van der Waals surface area contributed by atoms with E-state index in [0.717, 1.165) is 0 Å². The molecule has 0 saturated carbocycles. The molecule has 0 fully saturated rings. The van der Waals surface area contributed by atoms with Gasteiger partial charge in [-0.1, -0.05) is 6.07 Å². The van der Waals surface area contributed by atoms with Crippen LogP contribution in [0.4, 0.5) is 0 Å². The molecule has 1 rings (SSSR count). The van der Waals surface area contributed by atoms with E-state index < -0.39 is 18.2 Å². The van der Waals surface area contributed by atoms with Crippen molar-refractivity contribution in [2.45, 2.75) is 6.42 Å². The molecule has 0 saturated heterocycles. The highest BCUT2D eigenvalue weighted by Gasteiger charge is 2.18. The molecule has 0 radical (unpaired) electrons. The fourth-order valence-corrected chi connectivity index (χ4v) is 1.34. The van der Waals surface area contributed by atoms with E-state index in [2.05, 4.69) is 0 Å². The summed E-state index contributed by atoms with van der Waals surface area (Å²) in [5.41, 5.74) is 0.212. The average molecular weight is 224 g/mol. The normalized spacial score (nSPS) is 9.62. The Kier molecular flexibility index (Phi) is 3.88. The minimum absolute atomic E-state index is 0.212. The number of carboxylic acid groups (broad SMARTS) is 1. The summed E-state index contributed by atoms with van der Waals surface area (Å²) in [6, 6.07) is 4.75. The second-order valence-electron chi connectivity index (χ2n) is 3.03. The number of Topliss-reactive ketones (excluding diaryl/α,β-unsaturated/α-hetero) is 1. The maximum absolute atomic E-state index is 11.6. The van der Waals surface area contributed by atoms with E-state index in [4.69, 9.17) is 14.6 Å². The molecule has 0 aliphatic carbocycles. The standard InChI is InChI=1S/C11H12O5/c1-15-9-5-3-4-7(11(9)16-2)8(12)6-10(13)14/h3-5H,6H2,1-2H3,(H,13,14). The van der Waals surface area contributed by atoms with Gasteiger partial charge in [0.05, 0.1) is 19.8 Å². The quantitative estimate of drug-likeness (QED) is 0.604. The molecule has 0 bridgehead atoms. The summed E-state index contributed by atoms with van der Waals surface area (Å²) in [6.45, 7) is 0. The third-order valence-electron chi connectivity index (χ3n) is 2.02. The summed E-state index contributed by atoms with van der Waals surface area (Å²) >= 11 is 0. The zero-order chi connectivity index (χ0) is 12.1. The van der Waals surface area contributed by atoms with Crippen LogP contribution in [0.2, 0.25) is 0 Å². The second kappa shape index (κ2) is 5.16. The molecular weight excluding hydrogens is 212 g/mol. The molecule has 5 nitrogen and oxygen atoms in total. The molecule has 0 unspecified atom stereocenters.